The molecule has 0 aliphatic carbocycles. The van der Waals surface area contributed by atoms with Crippen LogP contribution in [0.3, 0.4) is 0 Å². The summed E-state index contributed by atoms with van der Waals surface area (Å²) < 4.78 is 33.5. The molecule has 46 heavy (non-hydrogen) atoms. The van der Waals surface area contributed by atoms with Crippen molar-refractivity contribution in [2.75, 3.05) is 30.3 Å². The molecule has 0 radical (unpaired) electrons. The molecule has 1 fully saturated rings. The standard InChI is InChI=1S/C35H45F2N7O2/c1-34(2,3)32(35(4,5)6)28-12-8-15-44(28)16-9-17-46-23-13-14-24-27(20-23)38-21-39-33(24)41-29-18-22(42-43-29)19-30(45)40-26-11-7-10-25(36)31(26)37/h7,10-11,13-14,18,20-21,28,32H,8-9,12,15-17,19H2,1-6H3,(H,40,45)(H2,38,39,41,42,43)/t28-/m0/s1. The molecular formula is C35H45F2N7O2. The zero-order valence-corrected chi connectivity index (χ0v) is 27.6. The number of hydrogen-bond acceptors (Lipinski definition) is 7. The van der Waals surface area contributed by atoms with Crippen LogP contribution in [0.1, 0.15) is 66.5 Å². The van der Waals surface area contributed by atoms with E-state index in [1.54, 1.807) is 6.07 Å². The lowest BCUT2D eigenvalue weighted by Gasteiger charge is -2.47. The lowest BCUT2D eigenvalue weighted by atomic mass is 9.63. The third-order valence-electron chi connectivity index (χ3n) is 8.59. The number of carbonyl (C=O) groups excluding carboxylic acids is 1. The van der Waals surface area contributed by atoms with Crippen LogP contribution in [-0.4, -0.2) is 56.7 Å². The van der Waals surface area contributed by atoms with Crippen LogP contribution in [0.4, 0.5) is 26.1 Å². The highest BCUT2D eigenvalue weighted by Crippen LogP contribution is 2.46. The molecule has 5 rings (SSSR count). The van der Waals surface area contributed by atoms with Gasteiger partial charge >= 0.3 is 0 Å². The van der Waals surface area contributed by atoms with Gasteiger partial charge in [-0.05, 0) is 66.8 Å². The van der Waals surface area contributed by atoms with E-state index < -0.39 is 17.5 Å². The highest BCUT2D eigenvalue weighted by atomic mass is 19.2. The maximum atomic E-state index is 13.9. The molecule has 1 aliphatic rings. The molecule has 2 aromatic carbocycles. The van der Waals surface area contributed by atoms with Crippen molar-refractivity contribution in [2.45, 2.75) is 73.3 Å². The Hall–Kier alpha value is -4.12. The fraction of sp³-hybridized carbons (Fsp3) is 0.486. The summed E-state index contributed by atoms with van der Waals surface area (Å²) in [5.74, 6) is -0.296. The van der Waals surface area contributed by atoms with Gasteiger partial charge in [0.15, 0.2) is 17.5 Å². The van der Waals surface area contributed by atoms with Crippen molar-refractivity contribution in [3.8, 4) is 5.75 Å². The number of ether oxygens (including phenoxy) is 1. The second-order valence-corrected chi connectivity index (χ2v) is 14.3. The molecule has 1 atom stereocenters. The zero-order valence-electron chi connectivity index (χ0n) is 27.6. The Labute approximate surface area is 269 Å². The van der Waals surface area contributed by atoms with Gasteiger partial charge in [-0.15, -0.1) is 0 Å². The molecule has 0 saturated carbocycles. The molecule has 2 aromatic heterocycles. The second kappa shape index (κ2) is 13.7. The van der Waals surface area contributed by atoms with Gasteiger partial charge in [-0.1, -0.05) is 47.6 Å². The highest BCUT2D eigenvalue weighted by Gasteiger charge is 2.44. The fourth-order valence-electron chi connectivity index (χ4n) is 7.25. The first-order chi connectivity index (χ1) is 21.8. The molecule has 4 aromatic rings. The Bertz CT molecular complexity index is 1650. The van der Waals surface area contributed by atoms with Crippen LogP contribution in [0.25, 0.3) is 10.9 Å². The zero-order chi connectivity index (χ0) is 33.1. The first-order valence-corrected chi connectivity index (χ1v) is 16.0. The summed E-state index contributed by atoms with van der Waals surface area (Å²) in [5.41, 5.74) is 1.47. The van der Waals surface area contributed by atoms with Gasteiger partial charge in [0.25, 0.3) is 0 Å². The van der Waals surface area contributed by atoms with E-state index in [-0.39, 0.29) is 22.9 Å². The number of likely N-dealkylation sites (tertiary alicyclic amines) is 1. The Morgan fingerprint density at radius 3 is 2.63 bits per heavy atom. The Morgan fingerprint density at radius 2 is 1.87 bits per heavy atom. The SMILES string of the molecule is CC(C)(C)C([C@@H]1CCCN1CCCOc1ccc2c(Nc3cc(CC(=O)Nc4cccc(F)c4F)[nH]n3)ncnc2c1)C(C)(C)C. The van der Waals surface area contributed by atoms with Crippen molar-refractivity contribution in [3.63, 3.8) is 0 Å². The average molecular weight is 634 g/mol. The van der Waals surface area contributed by atoms with Gasteiger partial charge in [0.1, 0.15) is 17.9 Å². The summed E-state index contributed by atoms with van der Waals surface area (Å²) in [5, 5.41) is 13.3. The molecular weight excluding hydrogens is 588 g/mol. The number of H-pyrrole nitrogens is 1. The number of anilines is 3. The number of rotatable bonds is 11. The minimum absolute atomic E-state index is 0.109. The lowest BCUT2D eigenvalue weighted by molar-refractivity contribution is -0.115. The molecule has 0 unspecified atom stereocenters. The topological polar surface area (TPSA) is 108 Å². The van der Waals surface area contributed by atoms with Gasteiger partial charge in [0.2, 0.25) is 5.91 Å². The van der Waals surface area contributed by atoms with E-state index >= 15 is 0 Å². The van der Waals surface area contributed by atoms with E-state index in [4.69, 9.17) is 4.74 Å². The predicted octanol–water partition coefficient (Wildman–Crippen LogP) is 7.50. The van der Waals surface area contributed by atoms with E-state index in [9.17, 15) is 13.6 Å². The van der Waals surface area contributed by atoms with Gasteiger partial charge in [-0.2, -0.15) is 5.10 Å². The smallest absolute Gasteiger partial charge is 0.230 e. The number of aromatic nitrogens is 4. The molecule has 3 heterocycles. The molecule has 1 aliphatic heterocycles. The minimum atomic E-state index is -1.10. The monoisotopic (exact) mass is 633 g/mol. The molecule has 1 amide bonds. The quantitative estimate of drug-likeness (QED) is 0.147. The van der Waals surface area contributed by atoms with Gasteiger partial charge in [0.05, 0.1) is 24.2 Å². The average Bonchev–Trinajstić information content (AvgIpc) is 3.61. The Morgan fingerprint density at radius 1 is 1.09 bits per heavy atom. The van der Waals surface area contributed by atoms with Crippen LogP contribution >= 0.6 is 0 Å². The van der Waals surface area contributed by atoms with Crippen LogP contribution < -0.4 is 15.4 Å². The second-order valence-electron chi connectivity index (χ2n) is 14.3. The predicted molar refractivity (Wildman–Crippen MR) is 177 cm³/mol. The van der Waals surface area contributed by atoms with Crippen LogP contribution in [0.15, 0.2) is 48.8 Å². The third-order valence-corrected chi connectivity index (χ3v) is 8.59. The van der Waals surface area contributed by atoms with Crippen molar-refractivity contribution in [1.82, 2.24) is 25.1 Å². The summed E-state index contributed by atoms with van der Waals surface area (Å²) in [7, 11) is 0. The van der Waals surface area contributed by atoms with Crippen LogP contribution in [0, 0.1) is 28.4 Å². The first-order valence-electron chi connectivity index (χ1n) is 16.0. The molecule has 0 bridgehead atoms. The lowest BCUT2D eigenvalue weighted by Crippen LogP contribution is -2.48. The summed E-state index contributed by atoms with van der Waals surface area (Å²) >= 11 is 0. The first kappa shape index (κ1) is 33.2. The summed E-state index contributed by atoms with van der Waals surface area (Å²) in [4.78, 5) is 23.9. The van der Waals surface area contributed by atoms with E-state index in [2.05, 4.69) is 77.2 Å². The van der Waals surface area contributed by atoms with E-state index in [1.807, 2.05) is 18.2 Å². The van der Waals surface area contributed by atoms with Gasteiger partial charge in [0, 0.05) is 35.8 Å². The van der Waals surface area contributed by atoms with Crippen LogP contribution in [0.2, 0.25) is 0 Å². The van der Waals surface area contributed by atoms with Crippen molar-refractivity contribution >= 4 is 34.1 Å². The Balaban J connectivity index is 1.15. The van der Waals surface area contributed by atoms with Gasteiger partial charge < -0.3 is 15.4 Å². The van der Waals surface area contributed by atoms with E-state index in [0.717, 1.165) is 42.2 Å². The number of nitrogens with one attached hydrogen (secondary N) is 3. The van der Waals surface area contributed by atoms with Crippen LogP contribution in [-0.2, 0) is 11.2 Å². The van der Waals surface area contributed by atoms with E-state index in [1.165, 1.54) is 31.3 Å². The fourth-order valence-corrected chi connectivity index (χ4v) is 7.25. The highest BCUT2D eigenvalue weighted by molar-refractivity contribution is 5.93. The number of nitrogens with zero attached hydrogens (tertiary/aromatic N) is 4. The van der Waals surface area contributed by atoms with Gasteiger partial charge in [-0.25, -0.2) is 18.7 Å². The number of halogens is 2. The number of amides is 1. The van der Waals surface area contributed by atoms with E-state index in [0.29, 0.717) is 35.9 Å². The number of carbonyl (C=O) groups is 1. The van der Waals surface area contributed by atoms with Crippen molar-refractivity contribution in [3.05, 3.63) is 66.1 Å². The molecule has 9 nitrogen and oxygen atoms in total. The minimum Gasteiger partial charge on any atom is -0.493 e. The maximum absolute atomic E-state index is 13.9. The Kier molecular flexibility index (Phi) is 9.91. The number of benzene rings is 2. The summed E-state index contributed by atoms with van der Waals surface area (Å²) in [6.07, 6.45) is 4.82. The number of aromatic amines is 1. The summed E-state index contributed by atoms with van der Waals surface area (Å²) in [6.45, 7) is 17.1. The molecule has 0 spiro atoms. The number of hydrogen-bond donors (Lipinski definition) is 3. The molecule has 3 N–H and O–H groups in total. The number of fused-ring (bicyclic) bond motifs is 1. The molecule has 246 valence electrons. The molecule has 11 heteroatoms. The largest absolute Gasteiger partial charge is 0.493 e. The third kappa shape index (κ3) is 7.99. The maximum Gasteiger partial charge on any atom is 0.230 e. The normalized spacial score (nSPS) is 15.9. The van der Waals surface area contributed by atoms with Crippen molar-refractivity contribution in [2.24, 2.45) is 16.7 Å². The van der Waals surface area contributed by atoms with Crippen LogP contribution in [0.5, 0.6) is 5.75 Å². The molecule has 1 saturated heterocycles. The van der Waals surface area contributed by atoms with Gasteiger partial charge in [-0.3, -0.25) is 14.8 Å². The summed E-state index contributed by atoms with van der Waals surface area (Å²) in [6, 6.07) is 11.6. The van der Waals surface area contributed by atoms with Crippen molar-refractivity contribution < 1.29 is 18.3 Å². The van der Waals surface area contributed by atoms with Crippen molar-refractivity contribution in [1.29, 1.82) is 0 Å².